The number of fused-ring (bicyclic) bond motifs is 8. The van der Waals surface area contributed by atoms with E-state index in [0.717, 1.165) is 168 Å². The molecule has 142 heavy (non-hydrogen) atoms. The normalized spacial score (nSPS) is 21.7. The number of aliphatic imine (C=N–C) groups is 1. The van der Waals surface area contributed by atoms with Crippen molar-refractivity contribution in [2.45, 2.75) is 403 Å². The Morgan fingerprint density at radius 2 is 0.979 bits per heavy atom. The fourth-order valence-corrected chi connectivity index (χ4v) is 18.6. The van der Waals surface area contributed by atoms with Crippen LogP contribution in [0.25, 0.3) is 15.3 Å². The van der Waals surface area contributed by atoms with E-state index in [2.05, 4.69) is 160 Å². The van der Waals surface area contributed by atoms with Crippen LogP contribution in [0.2, 0.25) is 0 Å². The van der Waals surface area contributed by atoms with Gasteiger partial charge in [0.2, 0.25) is 0 Å². The number of nitrogen functional groups attached to an aromatic ring is 1. The zero-order valence-electron chi connectivity index (χ0n) is 84.5. The number of aliphatic hydroxyl groups excluding tert-OH is 1. The monoisotopic (exact) mass is 2060 g/mol. The summed E-state index contributed by atoms with van der Waals surface area (Å²) in [4.78, 5) is 105. The molecule has 780 valence electrons. The molecule has 4 aromatic carbocycles. The number of anilines is 2. The van der Waals surface area contributed by atoms with Crippen molar-refractivity contribution in [2.75, 3.05) is 37.8 Å². The van der Waals surface area contributed by atoms with Gasteiger partial charge in [0, 0.05) is 111 Å². The Hall–Kier alpha value is -9.69. The molecule has 0 spiro atoms. The number of nitro groups is 2. The summed E-state index contributed by atoms with van der Waals surface area (Å²) in [6.07, 6.45) is 24.7. The minimum absolute atomic E-state index is 0. The van der Waals surface area contributed by atoms with Crippen molar-refractivity contribution >= 4 is 110 Å². The van der Waals surface area contributed by atoms with Crippen LogP contribution in [0.3, 0.4) is 0 Å². The quantitative estimate of drug-likeness (QED) is 0.0153. The fraction of sp³-hybridized carbons (Fsp3) is 0.611. The standard InChI is InChI=1S/C23H31N3O2.C18H30BNO4.C18H22N2O4.C18H26N2O2.C8H5N3S.C6H4BrNO2.C6H15N.C4H6O.CN.CH4O.5CH4.Na.H2/c1-22(2,3)28-21(27)26-19-10-11-20(26)15-17(14-19)16-6-8-18(9-7-16)25-23(24-4)12-5-13-23;1-16(2,3)22-15(21)20-13-8-9-14(20)11-12(10-13)19-23-17(4,5)18(6,7)24-19;1-18(2,3)24-17(21)19-15-8-9-16(19)11-13(10-15)12-4-6-14(7-5-12)20(22)23;1-18(2,3)22-17(21)20-15-8-9-16(20)11-13(10-15)12-4-6-14(19)7-5-12;1-6-3-7(11-5-12)4-10-8(6)9-2;7-5-1-3-6(4-2-5)8(9)10;1-4-7(5-2)6-3;5-4-2-1-3-4;2*1-2;;;;;;;/h6-9,17,19-20,25H,5,10-15H2,1-3H3;10,13-14H,8-9,11H2,1-7H3;4-7,10,15-16H,8-9,11H2,1-3H3;4-7,13,15-16H,8-11,19H2,1-3H3;3-4H,1H3;1-4H;4-6H2,1-3H3;1-3H2;;2H,1H3;5*1H4;;1H/q;;;;;;;;-1;;;;;;;+1;. The second-order valence-corrected chi connectivity index (χ2v) is 41.9. The Labute approximate surface area is 886 Å². The molecule has 9 fully saturated rings. The van der Waals surface area contributed by atoms with Gasteiger partial charge in [-0.05, 0) is 352 Å². The molecular formula is C108H165BBrN14NaO16S. The van der Waals surface area contributed by atoms with Gasteiger partial charge >= 0.3 is 66.7 Å². The number of amides is 4. The van der Waals surface area contributed by atoms with Crippen LogP contribution in [-0.4, -0.2) is 201 Å². The number of benzene rings is 4. The van der Waals surface area contributed by atoms with Crippen LogP contribution in [-0.2, 0) is 33.1 Å². The third-order valence-electron chi connectivity index (χ3n) is 25.9. The van der Waals surface area contributed by atoms with E-state index in [1.165, 1.54) is 66.7 Å². The van der Waals surface area contributed by atoms with Gasteiger partial charge in [-0.2, -0.15) is 4.99 Å². The van der Waals surface area contributed by atoms with Crippen molar-refractivity contribution in [2.24, 2.45) is 4.99 Å². The summed E-state index contributed by atoms with van der Waals surface area (Å²) in [7, 11) is 0.693. The molecule has 11 aliphatic rings. The van der Waals surface area contributed by atoms with Crippen LogP contribution in [0.1, 0.15) is 333 Å². The molecule has 16 rings (SSSR count). The van der Waals surface area contributed by atoms with E-state index in [-0.39, 0.29) is 164 Å². The number of carbonyl (C=O) groups is 5. The number of aryl methyl sites for hydroxylation is 1. The number of aliphatic hydroxyl groups is 1. The summed E-state index contributed by atoms with van der Waals surface area (Å²) >= 11 is 7.61. The predicted octanol–water partition coefficient (Wildman–Crippen LogP) is 24.6. The molecule has 5 aromatic rings. The van der Waals surface area contributed by atoms with Gasteiger partial charge in [-0.25, -0.2) is 25.8 Å². The molecule has 8 bridgehead atoms. The summed E-state index contributed by atoms with van der Waals surface area (Å²) in [5, 5.41) is 39.8. The predicted molar refractivity (Wildman–Crippen MR) is 574 cm³/mol. The summed E-state index contributed by atoms with van der Waals surface area (Å²) in [6.45, 7) is 62.0. The van der Waals surface area contributed by atoms with Gasteiger partial charge in [-0.15, -0.1) is 4.98 Å². The van der Waals surface area contributed by atoms with Gasteiger partial charge < -0.3 is 75.8 Å². The number of carbonyl (C=O) groups excluding carboxylic acids is 5. The first-order valence-electron chi connectivity index (χ1n) is 47.4. The Kier molecular flexibility index (Phi) is 53.6. The number of non-ortho nitro benzene ring substituents is 2. The molecule has 10 heterocycles. The molecule has 30 nitrogen and oxygen atoms in total. The van der Waals surface area contributed by atoms with Gasteiger partial charge in [-0.3, -0.25) is 39.7 Å². The average molecular weight is 2060 g/mol. The molecule has 8 atom stereocenters. The summed E-state index contributed by atoms with van der Waals surface area (Å²) in [5.74, 6) is 1.85. The molecule has 2 aliphatic carbocycles. The molecular weight excluding hydrogens is 1900 g/mol. The van der Waals surface area contributed by atoms with E-state index in [1.54, 1.807) is 30.3 Å². The first-order chi connectivity index (χ1) is 64.0. The van der Waals surface area contributed by atoms with Gasteiger partial charge in [0.15, 0.2) is 0 Å². The van der Waals surface area contributed by atoms with Crippen molar-refractivity contribution in [1.29, 1.82) is 5.26 Å². The smallest absolute Gasteiger partial charge is 0.512 e. The molecule has 0 radical (unpaired) electrons. The zero-order chi connectivity index (χ0) is 101. The number of halogens is 1. The van der Waals surface area contributed by atoms with Gasteiger partial charge in [0.05, 0.1) is 38.3 Å². The number of ketones is 1. The van der Waals surface area contributed by atoms with Crippen molar-refractivity contribution in [1.82, 2.24) is 29.5 Å². The molecule has 4 amide bonds. The van der Waals surface area contributed by atoms with Crippen LogP contribution in [0.4, 0.5) is 53.4 Å². The number of hydrogen-bond acceptors (Lipinski definition) is 23. The number of isothiocyanates is 1. The Balaban J connectivity index is 0.00000166. The topological polar surface area (TPSA) is 359 Å². The van der Waals surface area contributed by atoms with E-state index < -0.39 is 32.3 Å². The number of nitrogens with two attached hydrogens (primary N) is 1. The average Bonchev–Trinajstić information content (AvgIpc) is 1.60. The summed E-state index contributed by atoms with van der Waals surface area (Å²) in [6, 6.07) is 33.0. The number of piperidine rings is 2. The number of aromatic nitrogens is 1. The Morgan fingerprint density at radius 3 is 1.29 bits per heavy atom. The largest absolute Gasteiger partial charge is 1.00 e. The number of nitro benzene ring substituents is 2. The number of pyridine rings is 1. The number of hydrogen-bond donors (Lipinski definition) is 3. The van der Waals surface area contributed by atoms with Crippen LogP contribution in [0, 0.1) is 52.1 Å². The van der Waals surface area contributed by atoms with Gasteiger partial charge in [0.1, 0.15) is 40.1 Å². The van der Waals surface area contributed by atoms with Crippen LogP contribution >= 0.6 is 28.1 Å². The number of nitrogens with one attached hydrogen (secondary N) is 1. The summed E-state index contributed by atoms with van der Waals surface area (Å²) < 4.78 is 35.5. The molecule has 4 N–H and O–H groups in total. The number of rotatable bonds is 12. The van der Waals surface area contributed by atoms with E-state index >= 15 is 0 Å². The molecule has 2 saturated carbocycles. The van der Waals surface area contributed by atoms with Crippen molar-refractivity contribution in [3.05, 3.63) is 203 Å². The van der Waals surface area contributed by atoms with E-state index in [1.807, 2.05) is 122 Å². The van der Waals surface area contributed by atoms with Crippen LogP contribution in [0.15, 0.2) is 136 Å². The Morgan fingerprint density at radius 1 is 0.613 bits per heavy atom. The number of nitrogens with zero attached hydrogens (tertiary/aromatic N) is 12. The minimum Gasteiger partial charge on any atom is -0.512 e. The van der Waals surface area contributed by atoms with E-state index in [0.29, 0.717) is 41.2 Å². The molecule has 1 aromatic heterocycles. The fourth-order valence-electron chi connectivity index (χ4n) is 18.2. The second kappa shape index (κ2) is 58.5. The SMILES string of the molecule is C.C.C.C.C.CC(C)(C)OC(=O)N1C2C=C(B3OC(C)(C)C(C)(C)O3)CC1CC2.CC(C)(C)OC(=O)N1C2C=C(c3ccc([N+](=O)[O-])cc3)CC1CC2.CC(C)(C)OC(=O)N1C2CCC1CC(c1ccc(N)cc1)C2.CCN(CC)CC.CO.O=C1CCC1.O=[N+]([O-])c1ccc(Br)cc1.[C-]#N.[C-]#[N+]C1(Nc2ccc(C3CC4CCC(C3)N4C(=O)OC(C)(C)C)cc2)CCC1.[C-]#[N+]c1ncc(N=C=S)cc1C.[HH].[Na+]. The van der Waals surface area contributed by atoms with E-state index in [4.69, 9.17) is 64.1 Å². The number of Topliss-reactive ketones (excluding diaryl/α,β-unsaturated/α-hetero) is 1. The maximum Gasteiger partial charge on any atom is 1.00 e. The summed E-state index contributed by atoms with van der Waals surface area (Å²) in [5.41, 5.74) is 12.4. The molecule has 9 aliphatic heterocycles. The van der Waals surface area contributed by atoms with E-state index in [9.17, 15) is 44.2 Å². The first-order valence-corrected chi connectivity index (χ1v) is 48.6. The maximum absolute atomic E-state index is 12.6. The van der Waals surface area contributed by atoms with Crippen LogP contribution in [0.5, 0.6) is 0 Å². The van der Waals surface area contributed by atoms with Crippen LogP contribution < -0.4 is 40.6 Å². The number of thiocarbonyl (C=S) groups is 1. The second-order valence-electron chi connectivity index (χ2n) is 40.8. The van der Waals surface area contributed by atoms with Crippen molar-refractivity contribution in [3.8, 4) is 0 Å². The molecule has 8 unspecified atom stereocenters. The maximum atomic E-state index is 12.6. The number of ether oxygens (including phenoxy) is 4. The van der Waals surface area contributed by atoms with Crippen molar-refractivity contribution < 1.29 is 98.2 Å². The minimum atomic E-state index is -0.501. The van der Waals surface area contributed by atoms with Gasteiger partial charge in [0.25, 0.3) is 17.2 Å². The zero-order valence-corrected chi connectivity index (χ0v) is 88.9. The third kappa shape index (κ3) is 38.0. The Bertz CT molecular complexity index is 5030. The molecule has 34 heteroatoms. The molecule has 7 saturated heterocycles. The van der Waals surface area contributed by atoms with Crippen molar-refractivity contribution in [3.63, 3.8) is 0 Å². The third-order valence-corrected chi connectivity index (χ3v) is 26.5. The first kappa shape index (κ1) is 130. The van der Waals surface area contributed by atoms with Gasteiger partial charge in [-0.1, -0.05) is 117 Å².